The molecular formula is C23H16N2O2S. The van der Waals surface area contributed by atoms with Gasteiger partial charge in [0.25, 0.3) is 0 Å². The minimum atomic E-state index is 0.00596. The monoisotopic (exact) mass is 384 g/mol. The Hall–Kier alpha value is -3.44. The highest BCUT2D eigenvalue weighted by Gasteiger charge is 2.24. The van der Waals surface area contributed by atoms with E-state index < -0.39 is 0 Å². The zero-order valence-electron chi connectivity index (χ0n) is 14.9. The second-order valence-electron chi connectivity index (χ2n) is 6.47. The summed E-state index contributed by atoms with van der Waals surface area (Å²) < 4.78 is 7.64. The van der Waals surface area contributed by atoms with E-state index in [4.69, 9.17) is 9.84 Å². The van der Waals surface area contributed by atoms with Crippen LogP contribution >= 0.6 is 11.3 Å². The molecule has 4 nitrogen and oxygen atoms in total. The van der Waals surface area contributed by atoms with Crippen molar-refractivity contribution in [2.45, 2.75) is 0 Å². The molecule has 28 heavy (non-hydrogen) atoms. The number of ether oxygens (including phenoxy) is 1. The maximum Gasteiger partial charge on any atom is 0.196 e. The number of rotatable bonds is 3. The first-order valence-electron chi connectivity index (χ1n) is 8.96. The number of hydrogen-bond acceptors (Lipinski definition) is 4. The molecule has 4 aromatic rings. The van der Waals surface area contributed by atoms with Crippen LogP contribution in [0.1, 0.15) is 15.9 Å². The lowest BCUT2D eigenvalue weighted by Gasteiger charge is -2.18. The van der Waals surface area contributed by atoms with Gasteiger partial charge in [0.15, 0.2) is 5.78 Å². The Bertz CT molecular complexity index is 1170. The SMILES string of the molecule is O=C1/C(=C/c2cn(-c3ccccc3)nc2-c2cccs2)COc2ccccc21. The number of nitrogens with zero attached hydrogens (tertiary/aromatic N) is 2. The molecule has 0 amide bonds. The van der Waals surface area contributed by atoms with Crippen molar-refractivity contribution in [2.75, 3.05) is 6.61 Å². The number of fused-ring (bicyclic) bond motifs is 1. The van der Waals surface area contributed by atoms with Crippen molar-refractivity contribution in [3.05, 3.63) is 95.0 Å². The minimum absolute atomic E-state index is 0.00596. The standard InChI is InChI=1S/C23H16N2O2S/c26-23-17(15-27-20-10-5-4-9-19(20)23)13-16-14-25(18-7-2-1-3-8-18)24-22(16)21-11-6-12-28-21/h1-14H,15H2/b17-13+. The summed E-state index contributed by atoms with van der Waals surface area (Å²) in [6.45, 7) is 0.260. The highest BCUT2D eigenvalue weighted by atomic mass is 32.1. The average molecular weight is 384 g/mol. The van der Waals surface area contributed by atoms with E-state index in [0.717, 1.165) is 21.8 Å². The van der Waals surface area contributed by atoms with Crippen LogP contribution in [0.25, 0.3) is 22.3 Å². The Morgan fingerprint density at radius 1 is 1.00 bits per heavy atom. The molecule has 1 aliphatic rings. The normalized spacial score (nSPS) is 14.7. The predicted octanol–water partition coefficient (Wildman–Crippen LogP) is 5.26. The van der Waals surface area contributed by atoms with Crippen molar-refractivity contribution >= 4 is 23.2 Å². The molecule has 0 atom stereocenters. The number of carbonyl (C=O) groups excluding carboxylic acids is 1. The molecule has 5 heteroatoms. The Labute approximate surface area is 166 Å². The molecule has 3 heterocycles. The van der Waals surface area contributed by atoms with E-state index in [9.17, 15) is 4.79 Å². The number of aromatic nitrogens is 2. The first-order valence-corrected chi connectivity index (χ1v) is 9.83. The van der Waals surface area contributed by atoms with E-state index >= 15 is 0 Å². The van der Waals surface area contributed by atoms with Gasteiger partial charge in [-0.15, -0.1) is 11.3 Å². The maximum atomic E-state index is 12.9. The molecule has 0 bridgehead atoms. The molecular weight excluding hydrogens is 368 g/mol. The Morgan fingerprint density at radius 3 is 2.64 bits per heavy atom. The quantitative estimate of drug-likeness (QED) is 0.453. The summed E-state index contributed by atoms with van der Waals surface area (Å²) in [6.07, 6.45) is 3.87. The van der Waals surface area contributed by atoms with E-state index in [1.807, 2.05) is 83.0 Å². The lowest BCUT2D eigenvalue weighted by molar-refractivity contribution is 0.100. The van der Waals surface area contributed by atoms with Crippen molar-refractivity contribution in [2.24, 2.45) is 0 Å². The number of ketones is 1. The van der Waals surface area contributed by atoms with Gasteiger partial charge in [0.2, 0.25) is 0 Å². The molecule has 2 aromatic carbocycles. The van der Waals surface area contributed by atoms with Crippen LogP contribution in [-0.4, -0.2) is 22.2 Å². The van der Waals surface area contributed by atoms with Crippen LogP contribution in [-0.2, 0) is 0 Å². The molecule has 2 aromatic heterocycles. The first-order chi connectivity index (χ1) is 13.8. The van der Waals surface area contributed by atoms with Gasteiger partial charge >= 0.3 is 0 Å². The summed E-state index contributed by atoms with van der Waals surface area (Å²) in [4.78, 5) is 14.0. The van der Waals surface area contributed by atoms with Crippen LogP contribution in [0, 0.1) is 0 Å². The highest BCUT2D eigenvalue weighted by molar-refractivity contribution is 7.13. The minimum Gasteiger partial charge on any atom is -0.488 e. The van der Waals surface area contributed by atoms with Crippen molar-refractivity contribution < 1.29 is 9.53 Å². The molecule has 5 rings (SSSR count). The van der Waals surface area contributed by atoms with Gasteiger partial charge in [-0.1, -0.05) is 36.4 Å². The van der Waals surface area contributed by atoms with Crippen LogP contribution in [0.4, 0.5) is 0 Å². The van der Waals surface area contributed by atoms with E-state index in [1.54, 1.807) is 17.4 Å². The van der Waals surface area contributed by atoms with Crippen molar-refractivity contribution in [3.8, 4) is 22.0 Å². The highest BCUT2D eigenvalue weighted by Crippen LogP contribution is 2.32. The summed E-state index contributed by atoms with van der Waals surface area (Å²) in [5.41, 5.74) is 3.97. The van der Waals surface area contributed by atoms with Gasteiger partial charge in [0.1, 0.15) is 18.1 Å². The molecule has 0 saturated heterocycles. The summed E-state index contributed by atoms with van der Waals surface area (Å²) in [7, 11) is 0. The Kier molecular flexibility index (Phi) is 4.14. The molecule has 0 saturated carbocycles. The largest absolute Gasteiger partial charge is 0.488 e. The van der Waals surface area contributed by atoms with Gasteiger partial charge in [0.05, 0.1) is 16.1 Å². The first kappa shape index (κ1) is 16.7. The lowest BCUT2D eigenvalue weighted by Crippen LogP contribution is -2.18. The van der Waals surface area contributed by atoms with Gasteiger partial charge < -0.3 is 4.74 Å². The molecule has 0 fully saturated rings. The maximum absolute atomic E-state index is 12.9. The third-order valence-corrected chi connectivity index (χ3v) is 5.53. The third-order valence-electron chi connectivity index (χ3n) is 4.65. The second-order valence-corrected chi connectivity index (χ2v) is 7.42. The van der Waals surface area contributed by atoms with Gasteiger partial charge in [-0.2, -0.15) is 5.10 Å². The van der Waals surface area contributed by atoms with E-state index in [0.29, 0.717) is 16.9 Å². The fourth-order valence-corrected chi connectivity index (χ4v) is 4.01. The number of carbonyl (C=O) groups is 1. The summed E-state index contributed by atoms with van der Waals surface area (Å²) in [5.74, 6) is 0.648. The van der Waals surface area contributed by atoms with Crippen LogP contribution in [0.3, 0.4) is 0 Å². The lowest BCUT2D eigenvalue weighted by atomic mass is 9.98. The van der Waals surface area contributed by atoms with Crippen molar-refractivity contribution in [1.82, 2.24) is 9.78 Å². The summed E-state index contributed by atoms with van der Waals surface area (Å²) in [6, 6.07) is 21.4. The molecule has 0 N–H and O–H groups in total. The average Bonchev–Trinajstić information content (AvgIpc) is 3.41. The van der Waals surface area contributed by atoms with Gasteiger partial charge in [-0.05, 0) is 41.8 Å². The van der Waals surface area contributed by atoms with Crippen molar-refractivity contribution in [3.63, 3.8) is 0 Å². The van der Waals surface area contributed by atoms with Gasteiger partial charge in [0, 0.05) is 17.3 Å². The molecule has 0 radical (unpaired) electrons. The van der Waals surface area contributed by atoms with E-state index in [1.165, 1.54) is 0 Å². The number of para-hydroxylation sites is 2. The summed E-state index contributed by atoms with van der Waals surface area (Å²) in [5, 5.41) is 6.81. The molecule has 136 valence electrons. The fourth-order valence-electron chi connectivity index (χ4n) is 3.28. The topological polar surface area (TPSA) is 44.1 Å². The zero-order valence-corrected chi connectivity index (χ0v) is 15.7. The van der Waals surface area contributed by atoms with E-state index in [-0.39, 0.29) is 12.4 Å². The smallest absolute Gasteiger partial charge is 0.196 e. The number of hydrogen-bond donors (Lipinski definition) is 0. The molecule has 0 spiro atoms. The molecule has 1 aliphatic heterocycles. The molecule has 0 unspecified atom stereocenters. The Balaban J connectivity index is 1.61. The van der Waals surface area contributed by atoms with Crippen LogP contribution < -0.4 is 4.74 Å². The van der Waals surface area contributed by atoms with Crippen LogP contribution in [0.15, 0.2) is 83.9 Å². The molecule has 0 aliphatic carbocycles. The number of Topliss-reactive ketones (excluding diaryl/α,β-unsaturated/α-hetero) is 1. The van der Waals surface area contributed by atoms with E-state index in [2.05, 4.69) is 0 Å². The Morgan fingerprint density at radius 2 is 1.82 bits per heavy atom. The number of benzene rings is 2. The van der Waals surface area contributed by atoms with Crippen molar-refractivity contribution in [1.29, 1.82) is 0 Å². The van der Waals surface area contributed by atoms with Gasteiger partial charge in [-0.3, -0.25) is 4.79 Å². The zero-order chi connectivity index (χ0) is 18.9. The number of thiophene rings is 1. The summed E-state index contributed by atoms with van der Waals surface area (Å²) >= 11 is 1.63. The predicted molar refractivity (Wildman–Crippen MR) is 111 cm³/mol. The van der Waals surface area contributed by atoms with Crippen LogP contribution in [0.5, 0.6) is 5.75 Å². The fraction of sp³-hybridized carbons (Fsp3) is 0.0435. The van der Waals surface area contributed by atoms with Gasteiger partial charge in [-0.25, -0.2) is 4.68 Å². The van der Waals surface area contributed by atoms with Crippen LogP contribution in [0.2, 0.25) is 0 Å². The third kappa shape index (κ3) is 2.96. The second kappa shape index (κ2) is 6.94.